The van der Waals surface area contributed by atoms with Crippen molar-refractivity contribution in [3.05, 3.63) is 0 Å². The summed E-state index contributed by atoms with van der Waals surface area (Å²) in [6, 6.07) is 0. The third kappa shape index (κ3) is 7.97. The van der Waals surface area contributed by atoms with E-state index in [-0.39, 0.29) is 0 Å². The van der Waals surface area contributed by atoms with E-state index in [1.54, 1.807) is 0 Å². The first kappa shape index (κ1) is 17.0. The molecule has 0 saturated heterocycles. The molecule has 1 unspecified atom stereocenters. The fraction of sp³-hybridized carbons (Fsp3) is 1.00. The van der Waals surface area contributed by atoms with Crippen molar-refractivity contribution in [1.82, 2.24) is 4.90 Å². The van der Waals surface area contributed by atoms with Gasteiger partial charge in [0.25, 0.3) is 0 Å². The minimum Gasteiger partial charge on any atom is -0.303 e. The Morgan fingerprint density at radius 2 is 1.47 bits per heavy atom. The summed E-state index contributed by atoms with van der Waals surface area (Å²) in [5.41, 5.74) is 0. The summed E-state index contributed by atoms with van der Waals surface area (Å²) in [6.07, 6.45) is 11.7. The first-order valence-electron chi connectivity index (χ1n) is 8.84. The van der Waals surface area contributed by atoms with E-state index in [0.717, 1.165) is 17.8 Å². The van der Waals surface area contributed by atoms with Gasteiger partial charge in [-0.15, -0.1) is 0 Å². The molecular weight excluding hydrogens is 230 g/mol. The van der Waals surface area contributed by atoms with Crippen LogP contribution in [-0.4, -0.2) is 24.5 Å². The van der Waals surface area contributed by atoms with Gasteiger partial charge < -0.3 is 4.90 Å². The highest BCUT2D eigenvalue weighted by Gasteiger charge is 2.17. The Labute approximate surface area is 122 Å². The first-order valence-corrected chi connectivity index (χ1v) is 8.84. The van der Waals surface area contributed by atoms with Crippen molar-refractivity contribution in [2.75, 3.05) is 19.6 Å². The van der Waals surface area contributed by atoms with E-state index < -0.39 is 0 Å². The Morgan fingerprint density at radius 3 is 2.00 bits per heavy atom. The molecule has 1 heteroatoms. The van der Waals surface area contributed by atoms with Gasteiger partial charge in [0.15, 0.2) is 0 Å². The van der Waals surface area contributed by atoms with E-state index in [4.69, 9.17) is 0 Å². The number of nitrogens with zero attached hydrogens (tertiary/aromatic N) is 1. The lowest BCUT2D eigenvalue weighted by atomic mass is 9.90. The van der Waals surface area contributed by atoms with Gasteiger partial charge in [-0.05, 0) is 30.6 Å². The molecule has 0 N–H and O–H groups in total. The molecule has 1 nitrogen and oxygen atoms in total. The van der Waals surface area contributed by atoms with Crippen molar-refractivity contribution in [3.8, 4) is 0 Å². The number of hydrogen-bond acceptors (Lipinski definition) is 1. The second-order valence-corrected chi connectivity index (χ2v) is 7.34. The molecule has 0 spiro atoms. The van der Waals surface area contributed by atoms with E-state index in [2.05, 4.69) is 32.6 Å². The highest BCUT2D eigenvalue weighted by Crippen LogP contribution is 2.24. The maximum absolute atomic E-state index is 2.77. The van der Waals surface area contributed by atoms with Crippen LogP contribution >= 0.6 is 0 Å². The monoisotopic (exact) mass is 267 g/mol. The van der Waals surface area contributed by atoms with Crippen LogP contribution in [0.4, 0.5) is 0 Å². The molecule has 114 valence electrons. The maximum atomic E-state index is 2.77. The molecular formula is C18H37N. The summed E-state index contributed by atoms with van der Waals surface area (Å²) in [4.78, 5) is 2.77. The van der Waals surface area contributed by atoms with Gasteiger partial charge in [0.05, 0.1) is 0 Å². The van der Waals surface area contributed by atoms with Crippen LogP contribution in [0, 0.1) is 17.8 Å². The summed E-state index contributed by atoms with van der Waals surface area (Å²) in [5.74, 6) is 2.63. The van der Waals surface area contributed by atoms with Gasteiger partial charge in [0.2, 0.25) is 0 Å². The van der Waals surface area contributed by atoms with Crippen LogP contribution < -0.4 is 0 Å². The molecule has 1 fully saturated rings. The first-order chi connectivity index (χ1) is 9.11. The van der Waals surface area contributed by atoms with E-state index in [0.29, 0.717) is 0 Å². The Bertz CT molecular complexity index is 204. The Morgan fingerprint density at radius 1 is 0.895 bits per heavy atom. The summed E-state index contributed by atoms with van der Waals surface area (Å²) >= 11 is 0. The largest absolute Gasteiger partial charge is 0.303 e. The summed E-state index contributed by atoms with van der Waals surface area (Å²) in [7, 11) is 0. The molecule has 1 aliphatic carbocycles. The van der Waals surface area contributed by atoms with Crippen molar-refractivity contribution < 1.29 is 0 Å². The van der Waals surface area contributed by atoms with Gasteiger partial charge in [0.1, 0.15) is 0 Å². The normalized spacial score (nSPS) is 20.5. The molecule has 1 saturated carbocycles. The summed E-state index contributed by atoms with van der Waals surface area (Å²) in [5, 5.41) is 0. The van der Waals surface area contributed by atoms with Gasteiger partial charge in [-0.25, -0.2) is 0 Å². The quantitative estimate of drug-likeness (QED) is 0.601. The van der Waals surface area contributed by atoms with E-state index in [1.807, 2.05) is 0 Å². The average Bonchev–Trinajstić information content (AvgIpc) is 2.31. The lowest BCUT2D eigenvalue weighted by Gasteiger charge is -2.31. The second kappa shape index (κ2) is 9.80. The fourth-order valence-electron chi connectivity index (χ4n) is 3.40. The third-order valence-electron chi connectivity index (χ3n) is 4.63. The van der Waals surface area contributed by atoms with Crippen molar-refractivity contribution in [1.29, 1.82) is 0 Å². The molecule has 1 aliphatic rings. The Balaban J connectivity index is 2.43. The molecule has 0 amide bonds. The van der Waals surface area contributed by atoms with Crippen LogP contribution in [0.25, 0.3) is 0 Å². The lowest BCUT2D eigenvalue weighted by Crippen LogP contribution is -2.36. The molecule has 0 heterocycles. The SMILES string of the molecule is CCC(C)CN(CC(C)C)CC1CCCCCCC1. The lowest BCUT2D eigenvalue weighted by molar-refractivity contribution is 0.168. The number of hydrogen-bond donors (Lipinski definition) is 0. The van der Waals surface area contributed by atoms with Crippen LogP contribution in [0.5, 0.6) is 0 Å². The average molecular weight is 268 g/mol. The van der Waals surface area contributed by atoms with Crippen LogP contribution in [0.3, 0.4) is 0 Å². The predicted octanol–water partition coefficient (Wildman–Crippen LogP) is 5.35. The Kier molecular flexibility index (Phi) is 8.77. The van der Waals surface area contributed by atoms with Crippen molar-refractivity contribution in [2.45, 2.75) is 79.1 Å². The van der Waals surface area contributed by atoms with E-state index >= 15 is 0 Å². The minimum atomic E-state index is 0.803. The van der Waals surface area contributed by atoms with Gasteiger partial charge in [-0.3, -0.25) is 0 Å². The van der Waals surface area contributed by atoms with Gasteiger partial charge >= 0.3 is 0 Å². The molecule has 1 atom stereocenters. The summed E-state index contributed by atoms with van der Waals surface area (Å²) < 4.78 is 0. The molecule has 0 aromatic rings. The molecule has 0 radical (unpaired) electrons. The zero-order chi connectivity index (χ0) is 14.1. The molecule has 1 rings (SSSR count). The topological polar surface area (TPSA) is 3.24 Å². The second-order valence-electron chi connectivity index (χ2n) is 7.34. The van der Waals surface area contributed by atoms with E-state index in [9.17, 15) is 0 Å². The van der Waals surface area contributed by atoms with Gasteiger partial charge in [-0.1, -0.05) is 66.2 Å². The van der Waals surface area contributed by atoms with Crippen LogP contribution in [0.15, 0.2) is 0 Å². The smallest absolute Gasteiger partial charge is 0.000988 e. The molecule has 0 aliphatic heterocycles. The fourth-order valence-corrected chi connectivity index (χ4v) is 3.40. The third-order valence-corrected chi connectivity index (χ3v) is 4.63. The molecule has 0 aromatic carbocycles. The predicted molar refractivity (Wildman–Crippen MR) is 86.5 cm³/mol. The zero-order valence-corrected chi connectivity index (χ0v) is 14.0. The van der Waals surface area contributed by atoms with Crippen LogP contribution in [-0.2, 0) is 0 Å². The number of rotatable bonds is 7. The maximum Gasteiger partial charge on any atom is 0.000988 e. The van der Waals surface area contributed by atoms with Gasteiger partial charge in [0, 0.05) is 19.6 Å². The van der Waals surface area contributed by atoms with Crippen molar-refractivity contribution >= 4 is 0 Å². The Hall–Kier alpha value is -0.0400. The highest BCUT2D eigenvalue weighted by atomic mass is 15.1. The molecule has 0 aromatic heterocycles. The zero-order valence-electron chi connectivity index (χ0n) is 14.0. The summed E-state index contributed by atoms with van der Waals surface area (Å²) in [6.45, 7) is 13.4. The van der Waals surface area contributed by atoms with Crippen molar-refractivity contribution in [3.63, 3.8) is 0 Å². The van der Waals surface area contributed by atoms with E-state index in [1.165, 1.54) is 71.0 Å². The van der Waals surface area contributed by atoms with Crippen molar-refractivity contribution in [2.24, 2.45) is 17.8 Å². The van der Waals surface area contributed by atoms with Crippen LogP contribution in [0.1, 0.15) is 79.1 Å². The molecule has 19 heavy (non-hydrogen) atoms. The minimum absolute atomic E-state index is 0.803. The highest BCUT2D eigenvalue weighted by molar-refractivity contribution is 4.71. The molecule has 0 bridgehead atoms. The van der Waals surface area contributed by atoms with Crippen LogP contribution in [0.2, 0.25) is 0 Å². The standard InChI is InChI=1S/C18H37N/c1-5-17(4)14-19(13-16(2)3)15-18-11-9-7-6-8-10-12-18/h16-18H,5-15H2,1-4H3. The van der Waals surface area contributed by atoms with Gasteiger partial charge in [-0.2, -0.15) is 0 Å².